The van der Waals surface area contributed by atoms with Gasteiger partial charge in [-0.1, -0.05) is 27.2 Å². The van der Waals surface area contributed by atoms with E-state index in [9.17, 15) is 4.79 Å². The highest BCUT2D eigenvalue weighted by Gasteiger charge is 2.30. The minimum atomic E-state index is 0.139. The first-order valence-corrected chi connectivity index (χ1v) is 6.85. The SMILES string of the molecule is CCCc1[nH]ncc1C(=O)N1CCCC(C)(C)C1. The molecule has 1 saturated heterocycles. The van der Waals surface area contributed by atoms with E-state index in [1.54, 1.807) is 6.20 Å². The first kappa shape index (κ1) is 13.1. The van der Waals surface area contributed by atoms with Crippen molar-refractivity contribution in [1.82, 2.24) is 15.1 Å². The van der Waals surface area contributed by atoms with Crippen molar-refractivity contribution < 1.29 is 4.79 Å². The molecule has 1 aromatic rings. The highest BCUT2D eigenvalue weighted by Crippen LogP contribution is 2.29. The van der Waals surface area contributed by atoms with Gasteiger partial charge in [-0.2, -0.15) is 5.10 Å². The monoisotopic (exact) mass is 249 g/mol. The van der Waals surface area contributed by atoms with Gasteiger partial charge in [-0.3, -0.25) is 9.89 Å². The summed E-state index contributed by atoms with van der Waals surface area (Å²) < 4.78 is 0. The number of piperidine rings is 1. The molecule has 2 rings (SSSR count). The van der Waals surface area contributed by atoms with Crippen molar-refractivity contribution in [2.75, 3.05) is 13.1 Å². The van der Waals surface area contributed by atoms with Gasteiger partial charge in [-0.25, -0.2) is 0 Å². The van der Waals surface area contributed by atoms with Crippen LogP contribution in [0.15, 0.2) is 6.20 Å². The number of amides is 1. The number of likely N-dealkylation sites (tertiary alicyclic amines) is 1. The van der Waals surface area contributed by atoms with Crippen LogP contribution in [0.5, 0.6) is 0 Å². The first-order chi connectivity index (χ1) is 8.53. The molecule has 1 fully saturated rings. The topological polar surface area (TPSA) is 49.0 Å². The van der Waals surface area contributed by atoms with E-state index < -0.39 is 0 Å². The van der Waals surface area contributed by atoms with Gasteiger partial charge in [0.2, 0.25) is 0 Å². The van der Waals surface area contributed by atoms with Gasteiger partial charge >= 0.3 is 0 Å². The van der Waals surface area contributed by atoms with Gasteiger partial charge in [-0.15, -0.1) is 0 Å². The second-order valence-corrected chi connectivity index (χ2v) is 6.01. The number of aromatic nitrogens is 2. The summed E-state index contributed by atoms with van der Waals surface area (Å²) in [6.07, 6.45) is 5.88. The fraction of sp³-hybridized carbons (Fsp3) is 0.714. The number of nitrogens with zero attached hydrogens (tertiary/aromatic N) is 2. The standard InChI is InChI=1S/C14H23N3O/c1-4-6-12-11(9-15-16-12)13(18)17-8-5-7-14(2,3)10-17/h9H,4-8,10H2,1-3H3,(H,15,16). The molecule has 4 nitrogen and oxygen atoms in total. The number of carbonyl (C=O) groups is 1. The number of H-pyrrole nitrogens is 1. The van der Waals surface area contributed by atoms with E-state index in [2.05, 4.69) is 31.0 Å². The minimum absolute atomic E-state index is 0.139. The fourth-order valence-corrected chi connectivity index (χ4v) is 2.70. The van der Waals surface area contributed by atoms with Gasteiger partial charge in [0.15, 0.2) is 0 Å². The van der Waals surface area contributed by atoms with Gasteiger partial charge in [0, 0.05) is 18.8 Å². The van der Waals surface area contributed by atoms with Crippen LogP contribution in [0.3, 0.4) is 0 Å². The smallest absolute Gasteiger partial charge is 0.257 e. The maximum Gasteiger partial charge on any atom is 0.257 e. The Bertz CT molecular complexity index is 422. The zero-order valence-corrected chi connectivity index (χ0v) is 11.6. The Hall–Kier alpha value is -1.32. The lowest BCUT2D eigenvalue weighted by atomic mass is 9.84. The normalized spacial score (nSPS) is 18.9. The maximum atomic E-state index is 12.5. The number of hydrogen-bond acceptors (Lipinski definition) is 2. The average molecular weight is 249 g/mol. The summed E-state index contributed by atoms with van der Waals surface area (Å²) in [5.74, 6) is 0.139. The van der Waals surface area contributed by atoms with Crippen molar-refractivity contribution in [3.8, 4) is 0 Å². The van der Waals surface area contributed by atoms with Crippen molar-refractivity contribution in [2.24, 2.45) is 5.41 Å². The highest BCUT2D eigenvalue weighted by atomic mass is 16.2. The highest BCUT2D eigenvalue weighted by molar-refractivity contribution is 5.95. The molecule has 2 heterocycles. The molecule has 0 aliphatic carbocycles. The number of aryl methyl sites for hydroxylation is 1. The minimum Gasteiger partial charge on any atom is -0.338 e. The Kier molecular flexibility index (Phi) is 3.73. The summed E-state index contributed by atoms with van der Waals surface area (Å²) >= 11 is 0. The average Bonchev–Trinajstić information content (AvgIpc) is 2.75. The second kappa shape index (κ2) is 5.12. The van der Waals surface area contributed by atoms with Gasteiger partial charge in [0.1, 0.15) is 0 Å². The molecule has 0 unspecified atom stereocenters. The third-order valence-electron chi connectivity index (χ3n) is 3.64. The van der Waals surface area contributed by atoms with Crippen molar-refractivity contribution in [1.29, 1.82) is 0 Å². The first-order valence-electron chi connectivity index (χ1n) is 6.85. The lowest BCUT2D eigenvalue weighted by Gasteiger charge is -2.38. The maximum absolute atomic E-state index is 12.5. The van der Waals surface area contributed by atoms with E-state index in [4.69, 9.17) is 0 Å². The molecule has 0 spiro atoms. The molecule has 0 aromatic carbocycles. The van der Waals surface area contributed by atoms with Crippen molar-refractivity contribution >= 4 is 5.91 Å². The molecule has 0 atom stereocenters. The molecular weight excluding hydrogens is 226 g/mol. The molecule has 1 amide bonds. The predicted molar refractivity (Wildman–Crippen MR) is 71.5 cm³/mol. The molecule has 1 N–H and O–H groups in total. The second-order valence-electron chi connectivity index (χ2n) is 6.01. The number of hydrogen-bond donors (Lipinski definition) is 1. The summed E-state index contributed by atoms with van der Waals surface area (Å²) in [7, 11) is 0. The zero-order chi connectivity index (χ0) is 13.2. The van der Waals surface area contributed by atoms with Gasteiger partial charge < -0.3 is 4.90 Å². The van der Waals surface area contributed by atoms with Crippen LogP contribution < -0.4 is 0 Å². The van der Waals surface area contributed by atoms with E-state index in [-0.39, 0.29) is 11.3 Å². The molecule has 18 heavy (non-hydrogen) atoms. The molecule has 0 bridgehead atoms. The van der Waals surface area contributed by atoms with Crippen LogP contribution in [0.4, 0.5) is 0 Å². The van der Waals surface area contributed by atoms with Crippen LogP contribution in [0.2, 0.25) is 0 Å². The molecule has 100 valence electrons. The Labute approximate surface area is 109 Å². The summed E-state index contributed by atoms with van der Waals surface area (Å²) in [6.45, 7) is 8.30. The quantitative estimate of drug-likeness (QED) is 0.895. The van der Waals surface area contributed by atoms with Crippen LogP contribution in [0.1, 0.15) is 56.1 Å². The summed E-state index contributed by atoms with van der Waals surface area (Å²) in [5.41, 5.74) is 1.98. The molecular formula is C14H23N3O. The summed E-state index contributed by atoms with van der Waals surface area (Å²) in [5, 5.41) is 6.97. The van der Waals surface area contributed by atoms with Crippen LogP contribution in [0, 0.1) is 5.41 Å². The third-order valence-corrected chi connectivity index (χ3v) is 3.64. The van der Waals surface area contributed by atoms with E-state index in [0.29, 0.717) is 0 Å². The molecule has 0 radical (unpaired) electrons. The zero-order valence-electron chi connectivity index (χ0n) is 11.6. The number of rotatable bonds is 3. The lowest BCUT2D eigenvalue weighted by Crippen LogP contribution is -2.43. The number of carbonyl (C=O) groups excluding carboxylic acids is 1. The Balaban J connectivity index is 2.13. The van der Waals surface area contributed by atoms with E-state index >= 15 is 0 Å². The molecule has 1 aliphatic heterocycles. The van der Waals surface area contributed by atoms with Crippen LogP contribution in [-0.2, 0) is 6.42 Å². The summed E-state index contributed by atoms with van der Waals surface area (Å²) in [4.78, 5) is 14.5. The van der Waals surface area contributed by atoms with E-state index in [1.807, 2.05) is 4.90 Å². The largest absolute Gasteiger partial charge is 0.338 e. The summed E-state index contributed by atoms with van der Waals surface area (Å²) in [6, 6.07) is 0. The van der Waals surface area contributed by atoms with Crippen molar-refractivity contribution in [3.05, 3.63) is 17.5 Å². The van der Waals surface area contributed by atoms with E-state index in [0.717, 1.165) is 43.6 Å². The van der Waals surface area contributed by atoms with Crippen LogP contribution in [0.25, 0.3) is 0 Å². The van der Waals surface area contributed by atoms with Crippen molar-refractivity contribution in [3.63, 3.8) is 0 Å². The Morgan fingerprint density at radius 3 is 3.00 bits per heavy atom. The van der Waals surface area contributed by atoms with Crippen LogP contribution >= 0.6 is 0 Å². The van der Waals surface area contributed by atoms with Crippen molar-refractivity contribution in [2.45, 2.75) is 46.5 Å². The molecule has 0 saturated carbocycles. The van der Waals surface area contributed by atoms with Gasteiger partial charge in [0.25, 0.3) is 5.91 Å². The molecule has 4 heteroatoms. The van der Waals surface area contributed by atoms with E-state index in [1.165, 1.54) is 6.42 Å². The predicted octanol–water partition coefficient (Wildman–Crippen LogP) is 2.62. The fourth-order valence-electron chi connectivity index (χ4n) is 2.70. The third kappa shape index (κ3) is 2.74. The Morgan fingerprint density at radius 1 is 1.56 bits per heavy atom. The number of aromatic amines is 1. The molecule has 1 aromatic heterocycles. The Morgan fingerprint density at radius 2 is 2.33 bits per heavy atom. The van der Waals surface area contributed by atoms with Crippen LogP contribution in [-0.4, -0.2) is 34.1 Å². The number of nitrogens with one attached hydrogen (secondary N) is 1. The van der Waals surface area contributed by atoms with Gasteiger partial charge in [0.05, 0.1) is 11.8 Å². The molecule has 1 aliphatic rings. The lowest BCUT2D eigenvalue weighted by molar-refractivity contribution is 0.0582. The van der Waals surface area contributed by atoms with Gasteiger partial charge in [-0.05, 0) is 24.7 Å².